The number of benzene rings is 1. The number of halogens is 1. The van der Waals surface area contributed by atoms with Gasteiger partial charge in [-0.15, -0.1) is 0 Å². The van der Waals surface area contributed by atoms with E-state index < -0.39 is 0 Å². The van der Waals surface area contributed by atoms with Crippen LogP contribution in [0.25, 0.3) is 0 Å². The predicted molar refractivity (Wildman–Crippen MR) is 82.1 cm³/mol. The van der Waals surface area contributed by atoms with E-state index in [2.05, 4.69) is 31.2 Å². The number of nitrogens with zero attached hydrogens (tertiary/aromatic N) is 2. The molecule has 0 bridgehead atoms. The molecule has 104 valence electrons. The number of hydrogen-bond donors (Lipinski definition) is 1. The van der Waals surface area contributed by atoms with Crippen LogP contribution in [-0.2, 0) is 0 Å². The van der Waals surface area contributed by atoms with E-state index in [9.17, 15) is 0 Å². The van der Waals surface area contributed by atoms with E-state index in [0.717, 1.165) is 21.9 Å². The summed E-state index contributed by atoms with van der Waals surface area (Å²) < 4.78 is 6.68. The molecule has 1 N–H and O–H groups in total. The van der Waals surface area contributed by atoms with Crippen molar-refractivity contribution in [1.82, 2.24) is 9.97 Å². The van der Waals surface area contributed by atoms with Crippen molar-refractivity contribution in [3.8, 4) is 5.75 Å². The van der Waals surface area contributed by atoms with Crippen LogP contribution in [0.5, 0.6) is 5.75 Å². The largest absolute Gasteiger partial charge is 0.492 e. The molecule has 1 aromatic heterocycles. The van der Waals surface area contributed by atoms with Crippen LogP contribution in [0.15, 0.2) is 41.0 Å². The van der Waals surface area contributed by atoms with E-state index in [1.807, 2.05) is 36.5 Å². The van der Waals surface area contributed by atoms with Gasteiger partial charge in [-0.25, -0.2) is 9.97 Å². The van der Waals surface area contributed by atoms with Crippen molar-refractivity contribution in [2.24, 2.45) is 0 Å². The van der Waals surface area contributed by atoms with E-state index in [0.29, 0.717) is 19.1 Å². The van der Waals surface area contributed by atoms with Crippen LogP contribution in [0.4, 0.5) is 5.82 Å². The first-order valence-corrected chi connectivity index (χ1v) is 7.56. The fraction of sp³-hybridized carbons (Fsp3) is 0.333. The maximum atomic E-state index is 5.66. The van der Waals surface area contributed by atoms with Crippen molar-refractivity contribution in [1.29, 1.82) is 0 Å². The average Bonchev–Trinajstić information content (AvgIpc) is 3.29. The van der Waals surface area contributed by atoms with Crippen LogP contribution >= 0.6 is 15.9 Å². The van der Waals surface area contributed by atoms with E-state index in [-0.39, 0.29) is 0 Å². The summed E-state index contributed by atoms with van der Waals surface area (Å²) in [5.74, 6) is 3.28. The second kappa shape index (κ2) is 6.22. The molecule has 0 saturated heterocycles. The third kappa shape index (κ3) is 3.70. The quantitative estimate of drug-likeness (QED) is 0.820. The van der Waals surface area contributed by atoms with Gasteiger partial charge in [0.15, 0.2) is 0 Å². The van der Waals surface area contributed by atoms with Gasteiger partial charge in [0.05, 0.1) is 6.54 Å². The van der Waals surface area contributed by atoms with Gasteiger partial charge >= 0.3 is 0 Å². The van der Waals surface area contributed by atoms with E-state index in [1.54, 1.807) is 0 Å². The van der Waals surface area contributed by atoms with Crippen molar-refractivity contribution < 1.29 is 4.74 Å². The van der Waals surface area contributed by atoms with Gasteiger partial charge < -0.3 is 10.1 Å². The van der Waals surface area contributed by atoms with Gasteiger partial charge in [0.25, 0.3) is 0 Å². The molecule has 20 heavy (non-hydrogen) atoms. The summed E-state index contributed by atoms with van der Waals surface area (Å²) in [4.78, 5) is 8.81. The highest BCUT2D eigenvalue weighted by molar-refractivity contribution is 9.10. The zero-order valence-electron chi connectivity index (χ0n) is 11.1. The summed E-state index contributed by atoms with van der Waals surface area (Å²) in [5.41, 5.74) is 0. The molecule has 4 nitrogen and oxygen atoms in total. The minimum absolute atomic E-state index is 0.578. The number of nitrogens with one attached hydrogen (secondary N) is 1. The van der Waals surface area contributed by atoms with Crippen LogP contribution in [-0.4, -0.2) is 23.1 Å². The van der Waals surface area contributed by atoms with Gasteiger partial charge in [-0.1, -0.05) is 22.0 Å². The molecule has 3 rings (SSSR count). The molecule has 0 aliphatic heterocycles. The Bertz CT molecular complexity index is 587. The highest BCUT2D eigenvalue weighted by Gasteiger charge is 2.26. The van der Waals surface area contributed by atoms with Gasteiger partial charge in [-0.2, -0.15) is 0 Å². The minimum atomic E-state index is 0.578. The number of hydrogen-bond acceptors (Lipinski definition) is 4. The Labute approximate surface area is 126 Å². The van der Waals surface area contributed by atoms with Crippen LogP contribution in [0, 0.1) is 0 Å². The van der Waals surface area contributed by atoms with Crippen molar-refractivity contribution in [2.45, 2.75) is 18.8 Å². The smallest absolute Gasteiger partial charge is 0.133 e. The summed E-state index contributed by atoms with van der Waals surface area (Å²) in [7, 11) is 0. The topological polar surface area (TPSA) is 47.0 Å². The second-order valence-electron chi connectivity index (χ2n) is 4.81. The Kier molecular flexibility index (Phi) is 4.16. The molecule has 2 aromatic rings. The molecule has 1 aromatic carbocycles. The van der Waals surface area contributed by atoms with E-state index >= 15 is 0 Å². The molecule has 1 saturated carbocycles. The highest BCUT2D eigenvalue weighted by Crippen LogP contribution is 2.37. The van der Waals surface area contributed by atoms with Crippen molar-refractivity contribution >= 4 is 21.7 Å². The van der Waals surface area contributed by atoms with Crippen LogP contribution in [0.2, 0.25) is 0 Å². The third-order valence-electron chi connectivity index (χ3n) is 3.09. The summed E-state index contributed by atoms with van der Waals surface area (Å²) in [6, 6.07) is 9.73. The number of rotatable bonds is 6. The summed E-state index contributed by atoms with van der Waals surface area (Å²) >= 11 is 3.42. The molecular weight excluding hydrogens is 318 g/mol. The van der Waals surface area contributed by atoms with E-state index in [1.165, 1.54) is 12.8 Å². The Morgan fingerprint density at radius 1 is 1.30 bits per heavy atom. The summed E-state index contributed by atoms with van der Waals surface area (Å²) in [6.45, 7) is 1.31. The molecule has 1 aliphatic carbocycles. The normalized spacial score (nSPS) is 14.1. The zero-order chi connectivity index (χ0) is 13.8. The lowest BCUT2D eigenvalue weighted by Crippen LogP contribution is -2.13. The third-order valence-corrected chi connectivity index (χ3v) is 3.58. The maximum Gasteiger partial charge on any atom is 0.133 e. The zero-order valence-corrected chi connectivity index (χ0v) is 12.6. The first-order valence-electron chi connectivity index (χ1n) is 6.76. The van der Waals surface area contributed by atoms with Crippen LogP contribution in [0.3, 0.4) is 0 Å². The van der Waals surface area contributed by atoms with Crippen LogP contribution < -0.4 is 10.1 Å². The van der Waals surface area contributed by atoms with Crippen molar-refractivity contribution in [3.63, 3.8) is 0 Å². The minimum Gasteiger partial charge on any atom is -0.492 e. The van der Waals surface area contributed by atoms with Gasteiger partial charge in [0.1, 0.15) is 24.0 Å². The first-order chi connectivity index (χ1) is 9.81. The van der Waals surface area contributed by atoms with Gasteiger partial charge in [0.2, 0.25) is 0 Å². The Balaban J connectivity index is 1.46. The number of aromatic nitrogens is 2. The fourth-order valence-electron chi connectivity index (χ4n) is 1.92. The molecule has 0 atom stereocenters. The Hall–Kier alpha value is -1.62. The lowest BCUT2D eigenvalue weighted by molar-refractivity contribution is 0.332. The number of ether oxygens (including phenoxy) is 1. The van der Waals surface area contributed by atoms with Gasteiger partial charge in [-0.05, 0) is 37.1 Å². The van der Waals surface area contributed by atoms with Gasteiger partial charge in [0, 0.05) is 16.6 Å². The Morgan fingerprint density at radius 3 is 3.00 bits per heavy atom. The lowest BCUT2D eigenvalue weighted by atomic mass is 10.3. The lowest BCUT2D eigenvalue weighted by Gasteiger charge is -2.09. The van der Waals surface area contributed by atoms with Gasteiger partial charge in [-0.3, -0.25) is 0 Å². The van der Waals surface area contributed by atoms with Crippen molar-refractivity contribution in [3.05, 3.63) is 46.8 Å². The molecule has 0 radical (unpaired) electrons. The first kappa shape index (κ1) is 13.4. The molecule has 0 unspecified atom stereocenters. The average molecular weight is 334 g/mol. The summed E-state index contributed by atoms with van der Waals surface area (Å²) in [5, 5.41) is 3.26. The SMILES string of the molecule is Brc1cccc(OCCNc2ccnc(C3CC3)n2)c1. The monoisotopic (exact) mass is 333 g/mol. The maximum absolute atomic E-state index is 5.66. The summed E-state index contributed by atoms with van der Waals surface area (Å²) in [6.07, 6.45) is 4.25. The molecule has 1 fully saturated rings. The van der Waals surface area contributed by atoms with E-state index in [4.69, 9.17) is 4.74 Å². The second-order valence-corrected chi connectivity index (χ2v) is 5.72. The predicted octanol–water partition coefficient (Wildman–Crippen LogP) is 3.61. The van der Waals surface area contributed by atoms with Crippen molar-refractivity contribution in [2.75, 3.05) is 18.5 Å². The molecule has 1 aliphatic rings. The molecule has 0 spiro atoms. The standard InChI is InChI=1S/C15H16BrN3O/c16-12-2-1-3-13(10-12)20-9-8-17-14-6-7-18-15(19-14)11-4-5-11/h1-3,6-7,10-11H,4-5,8-9H2,(H,17,18,19). The highest BCUT2D eigenvalue weighted by atomic mass is 79.9. The molecule has 0 amide bonds. The molecule has 5 heteroatoms. The molecular formula is C15H16BrN3O. The fourth-order valence-corrected chi connectivity index (χ4v) is 2.29. The molecule has 1 heterocycles. The Morgan fingerprint density at radius 2 is 2.20 bits per heavy atom. The number of anilines is 1. The van der Waals surface area contributed by atoms with Crippen LogP contribution in [0.1, 0.15) is 24.6 Å².